The van der Waals surface area contributed by atoms with E-state index in [-0.39, 0.29) is 6.54 Å². The van der Waals surface area contributed by atoms with Crippen LogP contribution in [0.25, 0.3) is 0 Å². The number of carboxylic acid groups (broad SMARTS) is 1. The maximum atomic E-state index is 10.3. The average molecular weight is 146 g/mol. The van der Waals surface area contributed by atoms with Gasteiger partial charge in [-0.05, 0) is 0 Å². The molecule has 3 N–H and O–H groups in total. The number of nitrogens with zero attached hydrogens (tertiary/aromatic N) is 1. The Morgan fingerprint density at radius 3 is 2.90 bits per heavy atom. The van der Waals surface area contributed by atoms with Crippen LogP contribution in [0.15, 0.2) is 0 Å². The van der Waals surface area contributed by atoms with Gasteiger partial charge < -0.3 is 9.84 Å². The number of morpholine rings is 1. The van der Waals surface area contributed by atoms with Crippen molar-refractivity contribution in [2.75, 3.05) is 19.7 Å². The molecule has 58 valence electrons. The van der Waals surface area contributed by atoms with Gasteiger partial charge in [-0.1, -0.05) is 0 Å². The Labute approximate surface area is 58.3 Å². The van der Waals surface area contributed by atoms with Gasteiger partial charge >= 0.3 is 5.97 Å². The molecule has 0 aromatic carbocycles. The monoisotopic (exact) mass is 146 g/mol. The standard InChI is InChI=1S/C5H10N2O3/c6-7-1-2-10-4(3-7)5(8)9/h4H,1-3,6H2,(H,8,9). The highest BCUT2D eigenvalue weighted by molar-refractivity contribution is 5.72. The van der Waals surface area contributed by atoms with Gasteiger partial charge in [0.15, 0.2) is 6.10 Å². The van der Waals surface area contributed by atoms with Crippen LogP contribution in [0.3, 0.4) is 0 Å². The van der Waals surface area contributed by atoms with E-state index in [1.807, 2.05) is 0 Å². The predicted octanol–water partition coefficient (Wildman–Crippen LogP) is -1.35. The van der Waals surface area contributed by atoms with Crippen molar-refractivity contribution in [1.29, 1.82) is 0 Å². The molecule has 1 rings (SSSR count). The fourth-order valence-corrected chi connectivity index (χ4v) is 0.819. The van der Waals surface area contributed by atoms with E-state index >= 15 is 0 Å². The van der Waals surface area contributed by atoms with Crippen molar-refractivity contribution in [3.63, 3.8) is 0 Å². The van der Waals surface area contributed by atoms with Crippen LogP contribution in [0.2, 0.25) is 0 Å². The minimum absolute atomic E-state index is 0.273. The number of hydrogen-bond acceptors (Lipinski definition) is 4. The first-order chi connectivity index (χ1) is 4.70. The smallest absolute Gasteiger partial charge is 0.334 e. The van der Waals surface area contributed by atoms with Crippen molar-refractivity contribution in [2.24, 2.45) is 5.84 Å². The van der Waals surface area contributed by atoms with Gasteiger partial charge in [-0.15, -0.1) is 0 Å². The molecule has 10 heavy (non-hydrogen) atoms. The maximum Gasteiger partial charge on any atom is 0.334 e. The molecule has 5 nitrogen and oxygen atoms in total. The zero-order chi connectivity index (χ0) is 7.56. The van der Waals surface area contributed by atoms with Gasteiger partial charge in [-0.2, -0.15) is 0 Å². The van der Waals surface area contributed by atoms with Crippen molar-refractivity contribution in [3.05, 3.63) is 0 Å². The van der Waals surface area contributed by atoms with Gasteiger partial charge in [0.2, 0.25) is 0 Å². The van der Waals surface area contributed by atoms with Gasteiger partial charge in [0.1, 0.15) is 0 Å². The van der Waals surface area contributed by atoms with Crippen molar-refractivity contribution < 1.29 is 14.6 Å². The van der Waals surface area contributed by atoms with E-state index in [1.165, 1.54) is 5.01 Å². The van der Waals surface area contributed by atoms with E-state index in [0.29, 0.717) is 13.2 Å². The molecule has 1 atom stereocenters. The zero-order valence-corrected chi connectivity index (χ0v) is 5.49. The van der Waals surface area contributed by atoms with Crippen LogP contribution in [0.1, 0.15) is 0 Å². The normalized spacial score (nSPS) is 28.3. The third-order valence-electron chi connectivity index (χ3n) is 1.37. The molecule has 1 heterocycles. The molecular formula is C5H10N2O3. The number of hydrogen-bond donors (Lipinski definition) is 2. The Morgan fingerprint density at radius 1 is 1.80 bits per heavy atom. The van der Waals surface area contributed by atoms with Crippen LogP contribution < -0.4 is 5.84 Å². The SMILES string of the molecule is NN1CCOC(C(=O)O)C1. The highest BCUT2D eigenvalue weighted by atomic mass is 16.5. The summed E-state index contributed by atoms with van der Waals surface area (Å²) in [5.74, 6) is 4.40. The lowest BCUT2D eigenvalue weighted by Crippen LogP contribution is -2.49. The number of hydrazine groups is 1. The predicted molar refractivity (Wildman–Crippen MR) is 33.1 cm³/mol. The molecule has 0 aromatic heterocycles. The van der Waals surface area contributed by atoms with E-state index in [9.17, 15) is 4.79 Å². The van der Waals surface area contributed by atoms with Crippen LogP contribution in [-0.2, 0) is 9.53 Å². The molecule has 0 bridgehead atoms. The highest BCUT2D eigenvalue weighted by Crippen LogP contribution is 2.00. The summed E-state index contributed by atoms with van der Waals surface area (Å²) in [5.41, 5.74) is 0. The quantitative estimate of drug-likeness (QED) is 0.447. The van der Waals surface area contributed by atoms with Crippen LogP contribution >= 0.6 is 0 Å². The van der Waals surface area contributed by atoms with Gasteiger partial charge in [0, 0.05) is 6.54 Å². The molecule has 0 saturated carbocycles. The first-order valence-electron chi connectivity index (χ1n) is 3.04. The second-order valence-electron chi connectivity index (χ2n) is 2.19. The van der Waals surface area contributed by atoms with Gasteiger partial charge in [0.25, 0.3) is 0 Å². The fraction of sp³-hybridized carbons (Fsp3) is 0.800. The summed E-state index contributed by atoms with van der Waals surface area (Å²) < 4.78 is 4.89. The summed E-state index contributed by atoms with van der Waals surface area (Å²) in [6.07, 6.45) is -0.751. The molecule has 0 aromatic rings. The van der Waals surface area contributed by atoms with Gasteiger partial charge in [-0.3, -0.25) is 5.84 Å². The zero-order valence-electron chi connectivity index (χ0n) is 5.49. The van der Waals surface area contributed by atoms with E-state index in [4.69, 9.17) is 15.7 Å². The fourth-order valence-electron chi connectivity index (χ4n) is 0.819. The largest absolute Gasteiger partial charge is 0.479 e. The molecule has 0 aliphatic carbocycles. The molecule has 1 fully saturated rings. The van der Waals surface area contributed by atoms with Crippen LogP contribution in [0.4, 0.5) is 0 Å². The molecule has 0 spiro atoms. The second kappa shape index (κ2) is 2.96. The third-order valence-corrected chi connectivity index (χ3v) is 1.37. The lowest BCUT2D eigenvalue weighted by molar-refractivity contribution is -0.156. The molecular weight excluding hydrogens is 136 g/mol. The Bertz CT molecular complexity index is 139. The summed E-state index contributed by atoms with van der Waals surface area (Å²) in [6.45, 7) is 1.27. The molecule has 1 aliphatic heterocycles. The van der Waals surface area contributed by atoms with Crippen LogP contribution in [0.5, 0.6) is 0 Å². The minimum Gasteiger partial charge on any atom is -0.479 e. The maximum absolute atomic E-state index is 10.3. The molecule has 1 aliphatic rings. The number of aliphatic carboxylic acids is 1. The number of carbonyl (C=O) groups is 1. The van der Waals surface area contributed by atoms with Crippen LogP contribution in [-0.4, -0.2) is 41.9 Å². The van der Waals surface area contributed by atoms with Crippen LogP contribution in [0, 0.1) is 0 Å². The number of carboxylic acids is 1. The lowest BCUT2D eigenvalue weighted by atomic mass is 10.3. The third kappa shape index (κ3) is 1.66. The molecule has 0 radical (unpaired) electrons. The minimum atomic E-state index is -0.949. The van der Waals surface area contributed by atoms with E-state index < -0.39 is 12.1 Å². The number of nitrogens with two attached hydrogens (primary N) is 1. The topological polar surface area (TPSA) is 75.8 Å². The molecule has 1 saturated heterocycles. The van der Waals surface area contributed by atoms with E-state index in [2.05, 4.69) is 0 Å². The Kier molecular flexibility index (Phi) is 2.21. The summed E-state index contributed by atoms with van der Waals surface area (Å²) >= 11 is 0. The molecule has 1 unspecified atom stereocenters. The van der Waals surface area contributed by atoms with Crippen molar-refractivity contribution in [3.8, 4) is 0 Å². The Morgan fingerprint density at radius 2 is 2.50 bits per heavy atom. The number of rotatable bonds is 1. The van der Waals surface area contributed by atoms with E-state index in [0.717, 1.165) is 0 Å². The highest BCUT2D eigenvalue weighted by Gasteiger charge is 2.23. The van der Waals surface area contributed by atoms with E-state index in [1.54, 1.807) is 0 Å². The second-order valence-corrected chi connectivity index (χ2v) is 2.19. The van der Waals surface area contributed by atoms with Crippen molar-refractivity contribution >= 4 is 5.97 Å². The van der Waals surface area contributed by atoms with Gasteiger partial charge in [-0.25, -0.2) is 9.80 Å². The molecule has 5 heteroatoms. The number of ether oxygens (including phenoxy) is 1. The Hall–Kier alpha value is -0.650. The van der Waals surface area contributed by atoms with Crippen molar-refractivity contribution in [2.45, 2.75) is 6.10 Å². The van der Waals surface area contributed by atoms with Gasteiger partial charge in [0.05, 0.1) is 13.2 Å². The van der Waals surface area contributed by atoms with Crippen molar-refractivity contribution in [1.82, 2.24) is 5.01 Å². The summed E-state index contributed by atoms with van der Waals surface area (Å²) in [7, 11) is 0. The lowest BCUT2D eigenvalue weighted by Gasteiger charge is -2.26. The average Bonchev–Trinajstić information content (AvgIpc) is 1.88. The summed E-state index contributed by atoms with van der Waals surface area (Å²) in [4.78, 5) is 10.3. The molecule has 0 amide bonds. The first-order valence-corrected chi connectivity index (χ1v) is 3.04. The Balaban J connectivity index is 2.39. The summed E-state index contributed by atoms with van der Waals surface area (Å²) in [6, 6.07) is 0. The summed E-state index contributed by atoms with van der Waals surface area (Å²) in [5, 5.41) is 9.90. The first kappa shape index (κ1) is 7.46.